The molecule has 2 aromatic heterocycles. The highest BCUT2D eigenvalue weighted by atomic mass is 16.3. The molecule has 57 heavy (non-hydrogen) atoms. The Morgan fingerprint density at radius 2 is 1.07 bits per heavy atom. The molecule has 10 rings (SSSR count). The molecule has 8 aromatic carbocycles. The normalized spacial score (nSPS) is 12.7. The second-order valence-electron chi connectivity index (χ2n) is 14.1. The van der Waals surface area contributed by atoms with Crippen molar-refractivity contribution in [2.45, 2.75) is 0 Å². The van der Waals surface area contributed by atoms with E-state index in [1.165, 1.54) is 0 Å². The molecule has 0 bridgehead atoms. The number of hydrogen-bond donors (Lipinski definition) is 0. The van der Waals surface area contributed by atoms with Gasteiger partial charge in [-0.1, -0.05) is 183 Å². The minimum atomic E-state index is 0.833. The lowest BCUT2D eigenvalue weighted by Gasteiger charge is -2.28. The maximum absolute atomic E-state index is 6.86. The predicted molar refractivity (Wildman–Crippen MR) is 242 cm³/mol. The van der Waals surface area contributed by atoms with Crippen LogP contribution in [0.3, 0.4) is 0 Å². The highest BCUT2D eigenvalue weighted by Gasteiger charge is 2.23. The average Bonchev–Trinajstić information content (AvgIpc) is 3.85. The fourth-order valence-corrected chi connectivity index (χ4v) is 8.02. The summed E-state index contributed by atoms with van der Waals surface area (Å²) in [5.41, 5.74) is 9.62. The SMILES string of the molecule is C=C\C=c1/cccc/c1=C/C=C/C=C/c1ccc(N(c2ccccc2-c2cccc3c2oc2c4ccccc4ccc32)c2cccc3c2oc2ccccc23)cc1. The van der Waals surface area contributed by atoms with Crippen molar-refractivity contribution < 1.29 is 8.83 Å². The maximum Gasteiger partial charge on any atom is 0.159 e. The number of anilines is 3. The van der Waals surface area contributed by atoms with Crippen LogP contribution >= 0.6 is 0 Å². The third-order valence-electron chi connectivity index (χ3n) is 10.7. The van der Waals surface area contributed by atoms with Gasteiger partial charge >= 0.3 is 0 Å². The maximum atomic E-state index is 6.86. The van der Waals surface area contributed by atoms with Gasteiger partial charge in [-0.15, -0.1) is 0 Å². The van der Waals surface area contributed by atoms with Crippen molar-refractivity contribution in [3.63, 3.8) is 0 Å². The Morgan fingerprint density at radius 3 is 1.93 bits per heavy atom. The highest BCUT2D eigenvalue weighted by molar-refractivity contribution is 6.18. The quantitative estimate of drug-likeness (QED) is 0.146. The molecular weight excluding hydrogens is 695 g/mol. The van der Waals surface area contributed by atoms with Crippen molar-refractivity contribution >= 4 is 89.9 Å². The molecule has 0 spiro atoms. The van der Waals surface area contributed by atoms with Crippen LogP contribution in [0, 0.1) is 0 Å². The summed E-state index contributed by atoms with van der Waals surface area (Å²) in [5, 5.41) is 8.93. The lowest BCUT2D eigenvalue weighted by molar-refractivity contribution is 0.669. The number of allylic oxidation sites excluding steroid dienone is 4. The van der Waals surface area contributed by atoms with Gasteiger partial charge in [-0.2, -0.15) is 0 Å². The third kappa shape index (κ3) is 6.12. The molecule has 0 saturated carbocycles. The van der Waals surface area contributed by atoms with Crippen LogP contribution in [0.4, 0.5) is 17.1 Å². The van der Waals surface area contributed by atoms with Crippen LogP contribution in [0.5, 0.6) is 0 Å². The van der Waals surface area contributed by atoms with Gasteiger partial charge in [-0.05, 0) is 57.8 Å². The molecule has 10 aromatic rings. The van der Waals surface area contributed by atoms with Crippen LogP contribution in [0.1, 0.15) is 5.56 Å². The summed E-state index contributed by atoms with van der Waals surface area (Å²) in [7, 11) is 0. The van der Waals surface area contributed by atoms with Gasteiger partial charge in [-0.3, -0.25) is 0 Å². The Hall–Kier alpha value is -7.62. The monoisotopic (exact) mass is 731 g/mol. The van der Waals surface area contributed by atoms with Gasteiger partial charge in [0.05, 0.1) is 11.4 Å². The first-order valence-corrected chi connectivity index (χ1v) is 19.2. The summed E-state index contributed by atoms with van der Waals surface area (Å²) in [6, 6.07) is 59.5. The molecule has 0 aliphatic rings. The Kier molecular flexibility index (Phi) is 8.66. The molecule has 0 amide bonds. The van der Waals surface area contributed by atoms with Crippen LogP contribution in [-0.2, 0) is 0 Å². The Bertz CT molecular complexity index is 3320. The van der Waals surface area contributed by atoms with E-state index in [1.807, 2.05) is 30.4 Å². The standard InChI is InChI=1S/C54H37NO2/c1-2-16-38-19-6-7-20-39(38)18-5-3-4-17-37-31-34-41(35-32-37)55(50-29-15-27-46-44-24-11-13-30-51(44)56-54(46)50)49-28-12-10-23-43(49)45-25-14-26-47-48-36-33-40-21-8-9-22-42(40)52(48)57-53(45)47/h2-36H,1H2/b5-3+,17-4+,38-16+,39-18-. The number of rotatable bonds is 8. The largest absolute Gasteiger partial charge is 0.455 e. The molecule has 0 N–H and O–H groups in total. The van der Waals surface area contributed by atoms with Crippen LogP contribution in [0.2, 0.25) is 0 Å². The van der Waals surface area contributed by atoms with E-state index in [1.54, 1.807) is 0 Å². The van der Waals surface area contributed by atoms with E-state index in [9.17, 15) is 0 Å². The second-order valence-corrected chi connectivity index (χ2v) is 14.1. The lowest BCUT2D eigenvalue weighted by atomic mass is 9.98. The fraction of sp³-hybridized carbons (Fsp3) is 0. The van der Waals surface area contributed by atoms with Gasteiger partial charge in [-0.25, -0.2) is 0 Å². The van der Waals surface area contributed by atoms with Crippen molar-refractivity contribution in [2.24, 2.45) is 0 Å². The van der Waals surface area contributed by atoms with E-state index in [4.69, 9.17) is 8.83 Å². The highest BCUT2D eigenvalue weighted by Crippen LogP contribution is 2.47. The molecule has 0 aliphatic heterocycles. The first-order chi connectivity index (χ1) is 28.2. The summed E-state index contributed by atoms with van der Waals surface area (Å²) in [4.78, 5) is 2.32. The zero-order valence-corrected chi connectivity index (χ0v) is 31.2. The van der Waals surface area contributed by atoms with Crippen LogP contribution in [0.15, 0.2) is 210 Å². The number of para-hydroxylation sites is 4. The van der Waals surface area contributed by atoms with Gasteiger partial charge in [0.15, 0.2) is 5.58 Å². The Morgan fingerprint density at radius 1 is 0.421 bits per heavy atom. The molecule has 0 atom stereocenters. The summed E-state index contributed by atoms with van der Waals surface area (Å²) in [6.45, 7) is 3.85. The van der Waals surface area contributed by atoms with Gasteiger partial charge in [0.2, 0.25) is 0 Å². The number of hydrogen-bond acceptors (Lipinski definition) is 3. The summed E-state index contributed by atoms with van der Waals surface area (Å²) in [5.74, 6) is 0. The first kappa shape index (κ1) is 33.9. The second kappa shape index (κ2) is 14.6. The van der Waals surface area contributed by atoms with E-state index in [-0.39, 0.29) is 0 Å². The number of fused-ring (bicyclic) bond motifs is 8. The topological polar surface area (TPSA) is 29.5 Å². The zero-order valence-electron chi connectivity index (χ0n) is 31.2. The van der Waals surface area contributed by atoms with Crippen molar-refractivity contribution in [1.82, 2.24) is 0 Å². The molecule has 0 radical (unpaired) electrons. The van der Waals surface area contributed by atoms with Crippen molar-refractivity contribution in [3.8, 4) is 11.1 Å². The lowest BCUT2D eigenvalue weighted by Crippen LogP contribution is -2.22. The van der Waals surface area contributed by atoms with Gasteiger partial charge in [0.25, 0.3) is 0 Å². The van der Waals surface area contributed by atoms with E-state index in [2.05, 4.69) is 194 Å². The van der Waals surface area contributed by atoms with Gasteiger partial charge < -0.3 is 13.7 Å². The van der Waals surface area contributed by atoms with E-state index >= 15 is 0 Å². The minimum absolute atomic E-state index is 0.833. The molecule has 2 heterocycles. The Labute approximate surface area is 330 Å². The third-order valence-corrected chi connectivity index (χ3v) is 10.7. The molecule has 0 unspecified atom stereocenters. The van der Waals surface area contributed by atoms with E-state index in [0.29, 0.717) is 0 Å². The number of benzene rings is 8. The number of nitrogens with zero attached hydrogens (tertiary/aromatic N) is 1. The summed E-state index contributed by atoms with van der Waals surface area (Å²) in [6.07, 6.45) is 14.3. The van der Waals surface area contributed by atoms with Crippen molar-refractivity contribution in [2.75, 3.05) is 4.90 Å². The molecule has 0 saturated heterocycles. The molecule has 0 aliphatic carbocycles. The van der Waals surface area contributed by atoms with Gasteiger partial charge in [0, 0.05) is 43.7 Å². The van der Waals surface area contributed by atoms with Crippen molar-refractivity contribution in [1.29, 1.82) is 0 Å². The van der Waals surface area contributed by atoms with Crippen LogP contribution < -0.4 is 15.3 Å². The van der Waals surface area contributed by atoms with Crippen LogP contribution in [0.25, 0.3) is 84.0 Å². The smallest absolute Gasteiger partial charge is 0.159 e. The first-order valence-electron chi connectivity index (χ1n) is 19.2. The molecule has 0 fully saturated rings. The zero-order chi connectivity index (χ0) is 38.1. The Balaban J connectivity index is 1.10. The fourth-order valence-electron chi connectivity index (χ4n) is 8.02. The minimum Gasteiger partial charge on any atom is -0.455 e. The van der Waals surface area contributed by atoms with Crippen LogP contribution in [-0.4, -0.2) is 0 Å². The van der Waals surface area contributed by atoms with E-state index < -0.39 is 0 Å². The molecule has 3 nitrogen and oxygen atoms in total. The molecular formula is C54H37NO2. The van der Waals surface area contributed by atoms with E-state index in [0.717, 1.165) is 98.8 Å². The van der Waals surface area contributed by atoms with Gasteiger partial charge in [0.1, 0.15) is 16.7 Å². The average molecular weight is 732 g/mol. The summed E-state index contributed by atoms with van der Waals surface area (Å²) < 4.78 is 13.5. The molecule has 270 valence electrons. The predicted octanol–water partition coefficient (Wildman–Crippen LogP) is 13.8. The number of furan rings is 2. The molecule has 3 heteroatoms. The summed E-state index contributed by atoms with van der Waals surface area (Å²) >= 11 is 0. The van der Waals surface area contributed by atoms with Crippen molar-refractivity contribution in [3.05, 3.63) is 217 Å².